The molecule has 0 fully saturated rings. The molecule has 0 spiro atoms. The van der Waals surface area contributed by atoms with Crippen LogP contribution in [0.2, 0.25) is 0 Å². The lowest BCUT2D eigenvalue weighted by atomic mass is 10.1. The molecule has 0 aliphatic carbocycles. The second-order valence-corrected chi connectivity index (χ2v) is 9.90. The molecule has 29 heavy (non-hydrogen) atoms. The molecule has 0 unspecified atom stereocenters. The first kappa shape index (κ1) is 19.8. The van der Waals surface area contributed by atoms with E-state index in [9.17, 15) is 13.2 Å². The van der Waals surface area contributed by atoms with Gasteiger partial charge in [0.2, 0.25) is 15.9 Å². The normalized spacial score (nSPS) is 16.2. The summed E-state index contributed by atoms with van der Waals surface area (Å²) >= 11 is 1.53. The van der Waals surface area contributed by atoms with Gasteiger partial charge in [-0.05, 0) is 56.2 Å². The number of furan rings is 1. The molecule has 3 aromatic rings. The Kier molecular flexibility index (Phi) is 5.05. The number of carbonyl (C=O) groups is 1. The Bertz CT molecular complexity index is 1180. The molecule has 0 radical (unpaired) electrons. The second kappa shape index (κ2) is 7.40. The monoisotopic (exact) mass is 431 g/mol. The predicted octanol–water partition coefficient (Wildman–Crippen LogP) is 3.49. The minimum absolute atomic E-state index is 0.0179. The lowest BCUT2D eigenvalue weighted by Gasteiger charge is -2.20. The first-order valence-corrected chi connectivity index (χ1v) is 11.5. The maximum atomic E-state index is 12.7. The van der Waals surface area contributed by atoms with Crippen LogP contribution < -0.4 is 9.62 Å². The molecule has 1 atom stereocenters. The van der Waals surface area contributed by atoms with Gasteiger partial charge in [0.15, 0.2) is 5.76 Å². The summed E-state index contributed by atoms with van der Waals surface area (Å²) in [6.07, 6.45) is 0.632. The number of rotatable bonds is 5. The molecule has 0 saturated carbocycles. The number of anilines is 1. The molecule has 1 aliphatic rings. The van der Waals surface area contributed by atoms with E-state index in [1.54, 1.807) is 29.2 Å². The van der Waals surface area contributed by atoms with Crippen LogP contribution in [-0.4, -0.2) is 25.4 Å². The van der Waals surface area contributed by atoms with Gasteiger partial charge in [-0.2, -0.15) is 0 Å². The van der Waals surface area contributed by atoms with Crippen LogP contribution in [0.4, 0.5) is 5.69 Å². The van der Waals surface area contributed by atoms with Crippen molar-refractivity contribution in [3.63, 3.8) is 0 Å². The van der Waals surface area contributed by atoms with Gasteiger partial charge in [-0.25, -0.2) is 18.1 Å². The average Bonchev–Trinajstić information content (AvgIpc) is 3.36. The SMILES string of the molecule is CC(=O)N1c2ccc(S(=O)(=O)NCc3ccc(-c4csc(C)n4)o3)cc2C[C@@H]1C. The molecule has 9 heteroatoms. The highest BCUT2D eigenvalue weighted by Crippen LogP contribution is 2.34. The quantitative estimate of drug-likeness (QED) is 0.668. The molecule has 152 valence electrons. The van der Waals surface area contributed by atoms with Crippen LogP contribution in [-0.2, 0) is 27.8 Å². The smallest absolute Gasteiger partial charge is 0.240 e. The largest absolute Gasteiger partial charge is 0.458 e. The number of sulfonamides is 1. The Morgan fingerprint density at radius 3 is 2.83 bits per heavy atom. The van der Waals surface area contributed by atoms with E-state index in [2.05, 4.69) is 9.71 Å². The molecule has 2 aromatic heterocycles. The molecular formula is C20H21N3O4S2. The van der Waals surface area contributed by atoms with Crippen molar-refractivity contribution in [1.82, 2.24) is 9.71 Å². The molecule has 1 aliphatic heterocycles. The van der Waals surface area contributed by atoms with Gasteiger partial charge < -0.3 is 9.32 Å². The van der Waals surface area contributed by atoms with Crippen LogP contribution in [0.25, 0.3) is 11.5 Å². The van der Waals surface area contributed by atoms with Crippen molar-refractivity contribution in [2.24, 2.45) is 0 Å². The fraction of sp³-hybridized carbons (Fsp3) is 0.300. The Hall–Kier alpha value is -2.49. The van der Waals surface area contributed by atoms with Gasteiger partial charge in [-0.3, -0.25) is 4.79 Å². The van der Waals surface area contributed by atoms with Crippen LogP contribution in [0.1, 0.15) is 30.2 Å². The number of aromatic nitrogens is 1. The molecule has 4 rings (SSSR count). The molecular weight excluding hydrogens is 410 g/mol. The Labute approximate surface area is 173 Å². The molecule has 3 heterocycles. The number of hydrogen-bond acceptors (Lipinski definition) is 6. The van der Waals surface area contributed by atoms with Gasteiger partial charge in [0.25, 0.3) is 0 Å². The van der Waals surface area contributed by atoms with Crippen LogP contribution >= 0.6 is 11.3 Å². The third-order valence-corrected chi connectivity index (χ3v) is 7.06. The number of carbonyl (C=O) groups excluding carboxylic acids is 1. The summed E-state index contributed by atoms with van der Waals surface area (Å²) in [5, 5.41) is 2.84. The number of fused-ring (bicyclic) bond motifs is 1. The van der Waals surface area contributed by atoms with E-state index in [0.29, 0.717) is 17.9 Å². The van der Waals surface area contributed by atoms with Crippen molar-refractivity contribution in [1.29, 1.82) is 0 Å². The summed E-state index contributed by atoms with van der Waals surface area (Å²) in [6.45, 7) is 5.42. The summed E-state index contributed by atoms with van der Waals surface area (Å²) < 4.78 is 33.8. The van der Waals surface area contributed by atoms with Crippen LogP contribution in [0.15, 0.2) is 45.0 Å². The first-order chi connectivity index (χ1) is 13.7. The predicted molar refractivity (Wildman–Crippen MR) is 111 cm³/mol. The number of nitrogens with zero attached hydrogens (tertiary/aromatic N) is 2. The van der Waals surface area contributed by atoms with E-state index in [-0.39, 0.29) is 23.4 Å². The zero-order valence-electron chi connectivity index (χ0n) is 16.3. The number of hydrogen-bond donors (Lipinski definition) is 1. The lowest BCUT2D eigenvalue weighted by molar-refractivity contribution is -0.116. The Balaban J connectivity index is 1.50. The van der Waals surface area contributed by atoms with E-state index >= 15 is 0 Å². The standard InChI is InChI=1S/C20H21N3O4S2/c1-12-8-15-9-17(5-6-19(15)23(12)14(3)24)29(25,26)21-10-16-4-7-20(27-16)18-11-28-13(2)22-18/h4-7,9,11-12,21H,8,10H2,1-3H3/t12-/m0/s1. The minimum atomic E-state index is -3.71. The highest BCUT2D eigenvalue weighted by atomic mass is 32.2. The van der Waals surface area contributed by atoms with Gasteiger partial charge in [0.1, 0.15) is 11.5 Å². The number of thiazole rings is 1. The highest BCUT2D eigenvalue weighted by molar-refractivity contribution is 7.89. The fourth-order valence-corrected chi connectivity index (χ4v) is 5.24. The van der Waals surface area contributed by atoms with Gasteiger partial charge in [-0.1, -0.05) is 0 Å². The molecule has 1 amide bonds. The summed E-state index contributed by atoms with van der Waals surface area (Å²) in [6, 6.07) is 8.41. The van der Waals surface area contributed by atoms with Crippen LogP contribution in [0.5, 0.6) is 0 Å². The molecule has 7 nitrogen and oxygen atoms in total. The fourth-order valence-electron chi connectivity index (χ4n) is 3.59. The van der Waals surface area contributed by atoms with Crippen molar-refractivity contribution in [3.8, 4) is 11.5 Å². The minimum Gasteiger partial charge on any atom is -0.458 e. The van der Waals surface area contributed by atoms with Crippen molar-refractivity contribution < 1.29 is 17.6 Å². The van der Waals surface area contributed by atoms with E-state index < -0.39 is 10.0 Å². The van der Waals surface area contributed by atoms with Gasteiger partial charge in [0, 0.05) is 24.0 Å². The Morgan fingerprint density at radius 2 is 2.14 bits per heavy atom. The van der Waals surface area contributed by atoms with Gasteiger partial charge in [0.05, 0.1) is 16.4 Å². The van der Waals surface area contributed by atoms with Crippen molar-refractivity contribution >= 4 is 33.0 Å². The Morgan fingerprint density at radius 1 is 1.34 bits per heavy atom. The van der Waals surface area contributed by atoms with Crippen molar-refractivity contribution in [2.75, 3.05) is 4.90 Å². The third-order valence-electron chi connectivity index (χ3n) is 4.89. The number of aryl methyl sites for hydroxylation is 1. The van der Waals surface area contributed by atoms with E-state index in [0.717, 1.165) is 22.0 Å². The summed E-state index contributed by atoms with van der Waals surface area (Å²) in [7, 11) is -3.71. The average molecular weight is 432 g/mol. The molecule has 1 N–H and O–H groups in total. The summed E-state index contributed by atoms with van der Waals surface area (Å²) in [4.78, 5) is 18.1. The highest BCUT2D eigenvalue weighted by Gasteiger charge is 2.30. The second-order valence-electron chi connectivity index (χ2n) is 7.07. The number of nitrogens with one attached hydrogen (secondary N) is 1. The first-order valence-electron chi connectivity index (χ1n) is 9.18. The maximum Gasteiger partial charge on any atom is 0.240 e. The third kappa shape index (κ3) is 3.85. The molecule has 1 aromatic carbocycles. The van der Waals surface area contributed by atoms with Gasteiger partial charge in [-0.15, -0.1) is 11.3 Å². The molecule has 0 saturated heterocycles. The lowest BCUT2D eigenvalue weighted by Crippen LogP contribution is -2.33. The van der Waals surface area contributed by atoms with E-state index in [1.165, 1.54) is 24.3 Å². The van der Waals surface area contributed by atoms with Crippen molar-refractivity contribution in [3.05, 3.63) is 52.0 Å². The summed E-state index contributed by atoms with van der Waals surface area (Å²) in [5.41, 5.74) is 2.37. The number of amides is 1. The summed E-state index contributed by atoms with van der Waals surface area (Å²) in [5.74, 6) is 1.07. The van der Waals surface area contributed by atoms with Gasteiger partial charge >= 0.3 is 0 Å². The zero-order chi connectivity index (χ0) is 20.8. The van der Waals surface area contributed by atoms with E-state index in [1.807, 2.05) is 19.2 Å². The van der Waals surface area contributed by atoms with Crippen LogP contribution in [0.3, 0.4) is 0 Å². The van der Waals surface area contributed by atoms with E-state index in [4.69, 9.17) is 4.42 Å². The molecule has 0 bridgehead atoms. The van der Waals surface area contributed by atoms with Crippen LogP contribution in [0, 0.1) is 6.92 Å². The zero-order valence-corrected chi connectivity index (χ0v) is 17.9. The van der Waals surface area contributed by atoms with Crippen molar-refractivity contribution in [2.45, 2.75) is 44.7 Å². The maximum absolute atomic E-state index is 12.7. The number of benzene rings is 1. The topological polar surface area (TPSA) is 92.5 Å².